The molecule has 1 amide bonds. The van der Waals surface area contributed by atoms with Crippen LogP contribution >= 0.6 is 0 Å². The Bertz CT molecular complexity index is 1120. The number of halogens is 1. The van der Waals surface area contributed by atoms with Gasteiger partial charge < -0.3 is 27.2 Å². The number of nitrogens with one attached hydrogen (secondary N) is 2. The van der Waals surface area contributed by atoms with E-state index >= 15 is 0 Å². The second-order valence-corrected chi connectivity index (χ2v) is 7.73. The first-order valence-corrected chi connectivity index (χ1v) is 10.1. The van der Waals surface area contributed by atoms with E-state index < -0.39 is 17.8 Å². The Kier molecular flexibility index (Phi) is 5.97. The van der Waals surface area contributed by atoms with Crippen LogP contribution in [0.15, 0.2) is 30.7 Å². The number of aromatic nitrogens is 5. The van der Waals surface area contributed by atoms with Gasteiger partial charge in [0.1, 0.15) is 11.5 Å². The Labute approximate surface area is 183 Å². The van der Waals surface area contributed by atoms with Gasteiger partial charge in [-0.15, -0.1) is 4.80 Å². The van der Waals surface area contributed by atoms with Gasteiger partial charge in [0.2, 0.25) is 0 Å². The number of nitrogens with zero attached hydrogens (tertiary/aromatic N) is 5. The Balaban J connectivity index is 1.66. The van der Waals surface area contributed by atoms with Gasteiger partial charge in [0.15, 0.2) is 11.6 Å². The quantitative estimate of drug-likeness (QED) is 0.374. The molecule has 3 heterocycles. The molecule has 3 atom stereocenters. The molecule has 1 saturated carbocycles. The molecule has 0 spiro atoms. The number of aryl methyl sites for hydroxylation is 1. The Hall–Kier alpha value is -3.64. The number of amides is 1. The third-order valence-electron chi connectivity index (χ3n) is 5.40. The lowest BCUT2D eigenvalue weighted by atomic mass is 9.89. The lowest BCUT2D eigenvalue weighted by molar-refractivity contribution is 0.100. The van der Waals surface area contributed by atoms with Crippen LogP contribution in [-0.2, 0) is 0 Å². The highest BCUT2D eigenvalue weighted by atomic mass is 19.1. The number of rotatable bonds is 6. The third kappa shape index (κ3) is 4.50. The lowest BCUT2D eigenvalue weighted by Gasteiger charge is -2.32. The number of primary amides is 1. The monoisotopic (exact) mass is 441 g/mol. The summed E-state index contributed by atoms with van der Waals surface area (Å²) in [6.07, 6.45) is 5.66. The highest BCUT2D eigenvalue weighted by Gasteiger charge is 2.28. The molecule has 12 heteroatoms. The van der Waals surface area contributed by atoms with Crippen molar-refractivity contribution in [3.8, 4) is 5.69 Å². The zero-order valence-electron chi connectivity index (χ0n) is 17.4. The van der Waals surface area contributed by atoms with Crippen molar-refractivity contribution in [2.45, 2.75) is 44.4 Å². The molecule has 0 saturated heterocycles. The molecular formula is C20H24FN9O2. The predicted molar refractivity (Wildman–Crippen MR) is 115 cm³/mol. The summed E-state index contributed by atoms with van der Waals surface area (Å²) >= 11 is 0. The fourth-order valence-electron chi connectivity index (χ4n) is 3.66. The maximum atomic E-state index is 14.7. The Morgan fingerprint density at radius 1 is 1.25 bits per heavy atom. The van der Waals surface area contributed by atoms with Crippen molar-refractivity contribution < 1.29 is 14.3 Å². The number of aliphatic hydroxyl groups is 1. The molecule has 0 bridgehead atoms. The van der Waals surface area contributed by atoms with E-state index in [9.17, 15) is 14.3 Å². The summed E-state index contributed by atoms with van der Waals surface area (Å²) in [6.45, 7) is 1.80. The molecule has 1 aliphatic carbocycles. The zero-order valence-corrected chi connectivity index (χ0v) is 17.4. The number of hydrogen-bond donors (Lipinski definition) is 5. The van der Waals surface area contributed by atoms with Crippen molar-refractivity contribution in [3.63, 3.8) is 0 Å². The van der Waals surface area contributed by atoms with Crippen molar-refractivity contribution >= 4 is 23.2 Å². The first kappa shape index (κ1) is 21.6. The third-order valence-corrected chi connectivity index (χ3v) is 5.40. The highest BCUT2D eigenvalue weighted by Crippen LogP contribution is 2.27. The molecule has 0 aromatic carbocycles. The van der Waals surface area contributed by atoms with E-state index in [-0.39, 0.29) is 29.3 Å². The average Bonchev–Trinajstić information content (AvgIpc) is 3.28. The molecule has 168 valence electrons. The smallest absolute Gasteiger partial charge is 0.252 e. The number of nitrogens with two attached hydrogens (primary N) is 2. The van der Waals surface area contributed by atoms with E-state index in [0.717, 1.165) is 6.07 Å². The van der Waals surface area contributed by atoms with Crippen molar-refractivity contribution in [1.29, 1.82) is 0 Å². The van der Waals surface area contributed by atoms with Crippen LogP contribution in [0.5, 0.6) is 0 Å². The maximum Gasteiger partial charge on any atom is 0.252 e. The lowest BCUT2D eigenvalue weighted by Crippen LogP contribution is -2.46. The van der Waals surface area contributed by atoms with Crippen LogP contribution < -0.4 is 22.1 Å². The van der Waals surface area contributed by atoms with Crippen LogP contribution in [0.3, 0.4) is 0 Å². The molecule has 7 N–H and O–H groups in total. The zero-order chi connectivity index (χ0) is 22.8. The number of carbonyl (C=O) groups excluding carboxylic acids is 1. The maximum absolute atomic E-state index is 14.7. The summed E-state index contributed by atoms with van der Waals surface area (Å²) in [5, 5.41) is 24.1. The summed E-state index contributed by atoms with van der Waals surface area (Å²) in [4.78, 5) is 21.9. The summed E-state index contributed by atoms with van der Waals surface area (Å²) in [5.74, 6) is -1.64. The van der Waals surface area contributed by atoms with Crippen LogP contribution in [0.4, 0.5) is 21.7 Å². The van der Waals surface area contributed by atoms with Gasteiger partial charge in [-0.25, -0.2) is 9.37 Å². The Morgan fingerprint density at radius 3 is 2.72 bits per heavy atom. The van der Waals surface area contributed by atoms with Crippen molar-refractivity contribution in [1.82, 2.24) is 25.0 Å². The summed E-state index contributed by atoms with van der Waals surface area (Å²) in [7, 11) is 0. The average molecular weight is 441 g/mol. The van der Waals surface area contributed by atoms with Gasteiger partial charge >= 0.3 is 0 Å². The molecule has 1 fully saturated rings. The van der Waals surface area contributed by atoms with Gasteiger partial charge in [0.25, 0.3) is 5.91 Å². The van der Waals surface area contributed by atoms with Gasteiger partial charge in [-0.1, -0.05) is 0 Å². The van der Waals surface area contributed by atoms with E-state index in [2.05, 4.69) is 30.8 Å². The molecule has 0 aliphatic heterocycles. The fraction of sp³-hybridized carbons (Fsp3) is 0.350. The molecule has 1 unspecified atom stereocenters. The number of carbonyl (C=O) groups is 1. The molecule has 1 aliphatic rings. The van der Waals surface area contributed by atoms with E-state index in [1.54, 1.807) is 19.2 Å². The normalized spacial score (nSPS) is 20.7. The minimum Gasteiger partial charge on any atom is -0.393 e. The van der Waals surface area contributed by atoms with Crippen LogP contribution in [0.25, 0.3) is 5.69 Å². The van der Waals surface area contributed by atoms with Gasteiger partial charge in [0.05, 0.1) is 41.6 Å². The second-order valence-electron chi connectivity index (χ2n) is 7.73. The molecule has 0 radical (unpaired) electrons. The van der Waals surface area contributed by atoms with Crippen LogP contribution in [0, 0.1) is 12.7 Å². The van der Waals surface area contributed by atoms with Gasteiger partial charge in [-0.3, -0.25) is 9.78 Å². The van der Waals surface area contributed by atoms with Crippen molar-refractivity contribution in [2.24, 2.45) is 11.5 Å². The molecule has 32 heavy (non-hydrogen) atoms. The van der Waals surface area contributed by atoms with E-state index in [4.69, 9.17) is 11.5 Å². The van der Waals surface area contributed by atoms with E-state index in [1.807, 2.05) is 0 Å². The largest absolute Gasteiger partial charge is 0.393 e. The molecule has 3 aromatic heterocycles. The summed E-state index contributed by atoms with van der Waals surface area (Å²) in [5.41, 5.74) is 13.2. The van der Waals surface area contributed by atoms with Gasteiger partial charge in [-0.05, 0) is 38.3 Å². The number of pyridine rings is 2. The SMILES string of the molecule is Cc1ncc(Nc2nc(NC3C[C@@H](O)CC[C@@H]3N)c(F)cc2C(N)=O)cc1-n1nccn1. The fourth-order valence-corrected chi connectivity index (χ4v) is 3.66. The minimum atomic E-state index is -0.843. The van der Waals surface area contributed by atoms with Crippen molar-refractivity contribution in [3.05, 3.63) is 47.8 Å². The molecule has 11 nitrogen and oxygen atoms in total. The number of aliphatic hydroxyl groups excluding tert-OH is 1. The number of hydrogen-bond acceptors (Lipinski definition) is 9. The summed E-state index contributed by atoms with van der Waals surface area (Å²) < 4.78 is 14.7. The second kappa shape index (κ2) is 8.85. The van der Waals surface area contributed by atoms with E-state index in [0.29, 0.717) is 36.3 Å². The molecule has 4 rings (SSSR count). The van der Waals surface area contributed by atoms with Gasteiger partial charge in [0, 0.05) is 12.1 Å². The molecule has 3 aromatic rings. The first-order chi connectivity index (χ1) is 15.3. The van der Waals surface area contributed by atoms with Crippen LogP contribution in [0.1, 0.15) is 35.3 Å². The van der Waals surface area contributed by atoms with Crippen molar-refractivity contribution in [2.75, 3.05) is 10.6 Å². The first-order valence-electron chi connectivity index (χ1n) is 10.1. The van der Waals surface area contributed by atoms with E-state index in [1.165, 1.54) is 17.2 Å². The number of anilines is 3. The van der Waals surface area contributed by atoms with Crippen LogP contribution in [-0.4, -0.2) is 54.2 Å². The van der Waals surface area contributed by atoms with Gasteiger partial charge in [-0.2, -0.15) is 10.2 Å². The van der Waals surface area contributed by atoms with Crippen LogP contribution in [0.2, 0.25) is 0 Å². The standard InChI is InChI=1S/C20H24FN9O2/c1-10-17(30-25-4-5-26-30)6-11(9-24-10)27-19-13(18(23)32)8-14(21)20(29-19)28-16-7-12(31)2-3-15(16)22/h4-6,8-9,12,15-16,31H,2-3,7,22H2,1H3,(H2,23,32)(H2,27,28,29)/t12-,15-,16?/m0/s1. The topological polar surface area (TPSA) is 170 Å². The molecular weight excluding hydrogens is 417 g/mol. The summed E-state index contributed by atoms with van der Waals surface area (Å²) in [6, 6.07) is 2.10. The highest BCUT2D eigenvalue weighted by molar-refractivity contribution is 5.98. The predicted octanol–water partition coefficient (Wildman–Crippen LogP) is 1.000. The minimum absolute atomic E-state index is 0.0522. The Morgan fingerprint density at radius 2 is 2.00 bits per heavy atom.